The fourth-order valence-electron chi connectivity index (χ4n) is 2.19. The minimum Gasteiger partial charge on any atom is -0.310 e. The highest BCUT2D eigenvalue weighted by Crippen LogP contribution is 2.19. The summed E-state index contributed by atoms with van der Waals surface area (Å²) in [5, 5.41) is 3.60. The van der Waals surface area contributed by atoms with Crippen molar-refractivity contribution in [1.29, 1.82) is 0 Å². The van der Waals surface area contributed by atoms with Crippen LogP contribution < -0.4 is 5.32 Å². The zero-order valence-electron chi connectivity index (χ0n) is 9.40. The molecule has 0 spiro atoms. The van der Waals surface area contributed by atoms with Gasteiger partial charge >= 0.3 is 0 Å². The average molecular weight is 184 g/mol. The number of unbranched alkanes of at least 4 members (excludes halogenated alkanes) is 1. The predicted octanol–water partition coefficient (Wildman–Crippen LogP) is 1.86. The first-order valence-electron chi connectivity index (χ1n) is 5.60. The molecule has 1 unspecified atom stereocenters. The van der Waals surface area contributed by atoms with E-state index in [2.05, 4.69) is 31.1 Å². The van der Waals surface area contributed by atoms with Crippen LogP contribution in [0.1, 0.15) is 39.5 Å². The molecule has 1 atom stereocenters. The molecule has 78 valence electrons. The summed E-state index contributed by atoms with van der Waals surface area (Å²) in [5.74, 6) is 0. The molecular formula is C11H24N2. The van der Waals surface area contributed by atoms with Crippen molar-refractivity contribution < 1.29 is 0 Å². The Morgan fingerprint density at radius 3 is 2.77 bits per heavy atom. The molecule has 0 saturated carbocycles. The highest BCUT2D eigenvalue weighted by atomic mass is 15.1. The predicted molar refractivity (Wildman–Crippen MR) is 58.0 cm³/mol. The van der Waals surface area contributed by atoms with E-state index in [-0.39, 0.29) is 0 Å². The fraction of sp³-hybridized carbons (Fsp3) is 1.00. The molecule has 2 nitrogen and oxygen atoms in total. The second-order valence-corrected chi connectivity index (χ2v) is 4.68. The van der Waals surface area contributed by atoms with E-state index in [0.29, 0.717) is 5.54 Å². The van der Waals surface area contributed by atoms with E-state index in [1.165, 1.54) is 45.3 Å². The highest BCUT2D eigenvalue weighted by Gasteiger charge is 2.28. The molecular weight excluding hydrogens is 160 g/mol. The summed E-state index contributed by atoms with van der Waals surface area (Å²) in [4.78, 5) is 2.46. The molecule has 0 aliphatic carbocycles. The first kappa shape index (κ1) is 11.0. The van der Waals surface area contributed by atoms with Crippen LogP contribution in [0.4, 0.5) is 0 Å². The topological polar surface area (TPSA) is 15.3 Å². The maximum absolute atomic E-state index is 3.60. The molecule has 1 saturated heterocycles. The standard InChI is InChI=1S/C11H24N2/c1-4-5-9-13(3)10-11(2)7-6-8-12-11/h12H,4-10H2,1-3H3. The van der Waals surface area contributed by atoms with E-state index in [9.17, 15) is 0 Å². The Balaban J connectivity index is 2.21. The summed E-state index contributed by atoms with van der Waals surface area (Å²) in [6.07, 6.45) is 5.31. The normalized spacial score (nSPS) is 28.6. The van der Waals surface area contributed by atoms with Gasteiger partial charge in [-0.05, 0) is 46.3 Å². The highest BCUT2D eigenvalue weighted by molar-refractivity contribution is 4.90. The number of nitrogens with one attached hydrogen (secondary N) is 1. The summed E-state index contributed by atoms with van der Waals surface area (Å²) >= 11 is 0. The van der Waals surface area contributed by atoms with E-state index >= 15 is 0 Å². The first-order valence-corrected chi connectivity index (χ1v) is 5.60. The molecule has 1 rings (SSSR count). The number of hydrogen-bond donors (Lipinski definition) is 1. The number of hydrogen-bond acceptors (Lipinski definition) is 2. The Morgan fingerprint density at radius 2 is 2.23 bits per heavy atom. The quantitative estimate of drug-likeness (QED) is 0.701. The Kier molecular flexibility index (Phi) is 4.20. The Morgan fingerprint density at radius 1 is 1.46 bits per heavy atom. The minimum absolute atomic E-state index is 0.391. The molecule has 1 N–H and O–H groups in total. The lowest BCUT2D eigenvalue weighted by Crippen LogP contribution is -2.46. The molecule has 0 aromatic carbocycles. The molecule has 13 heavy (non-hydrogen) atoms. The monoisotopic (exact) mass is 184 g/mol. The van der Waals surface area contributed by atoms with Gasteiger partial charge in [-0.25, -0.2) is 0 Å². The van der Waals surface area contributed by atoms with E-state index in [4.69, 9.17) is 0 Å². The van der Waals surface area contributed by atoms with Crippen molar-refractivity contribution in [3.8, 4) is 0 Å². The van der Waals surface area contributed by atoms with Gasteiger partial charge < -0.3 is 10.2 Å². The Bertz CT molecular complexity index is 139. The maximum atomic E-state index is 3.60. The summed E-state index contributed by atoms with van der Waals surface area (Å²) < 4.78 is 0. The van der Waals surface area contributed by atoms with Gasteiger partial charge in [-0.1, -0.05) is 13.3 Å². The SMILES string of the molecule is CCCCN(C)CC1(C)CCCN1. The summed E-state index contributed by atoms with van der Waals surface area (Å²) in [6.45, 7) is 8.25. The van der Waals surface area contributed by atoms with Gasteiger partial charge in [0, 0.05) is 12.1 Å². The van der Waals surface area contributed by atoms with Crippen LogP contribution in [0, 0.1) is 0 Å². The number of nitrogens with zero attached hydrogens (tertiary/aromatic N) is 1. The maximum Gasteiger partial charge on any atom is 0.0280 e. The van der Waals surface area contributed by atoms with Crippen molar-refractivity contribution in [2.45, 2.75) is 45.1 Å². The molecule has 0 radical (unpaired) electrons. The van der Waals surface area contributed by atoms with Gasteiger partial charge in [0.25, 0.3) is 0 Å². The zero-order chi connectivity index (χ0) is 9.73. The minimum atomic E-state index is 0.391. The molecule has 0 aromatic rings. The van der Waals surface area contributed by atoms with Crippen LogP contribution in [-0.2, 0) is 0 Å². The molecule has 0 amide bonds. The molecule has 0 aromatic heterocycles. The van der Waals surface area contributed by atoms with Gasteiger partial charge in [0.15, 0.2) is 0 Å². The van der Waals surface area contributed by atoms with Gasteiger partial charge in [-0.15, -0.1) is 0 Å². The lowest BCUT2D eigenvalue weighted by atomic mass is 10.00. The largest absolute Gasteiger partial charge is 0.310 e. The fourth-order valence-corrected chi connectivity index (χ4v) is 2.19. The van der Waals surface area contributed by atoms with Crippen molar-refractivity contribution in [1.82, 2.24) is 10.2 Å². The third kappa shape index (κ3) is 3.65. The summed E-state index contributed by atoms with van der Waals surface area (Å²) in [6, 6.07) is 0. The Labute approximate surface area is 82.7 Å². The molecule has 0 bridgehead atoms. The number of rotatable bonds is 5. The van der Waals surface area contributed by atoms with Gasteiger partial charge in [0.2, 0.25) is 0 Å². The van der Waals surface area contributed by atoms with Crippen molar-refractivity contribution in [3.05, 3.63) is 0 Å². The smallest absolute Gasteiger partial charge is 0.0280 e. The molecule has 1 aliphatic rings. The van der Waals surface area contributed by atoms with E-state index < -0.39 is 0 Å². The van der Waals surface area contributed by atoms with E-state index in [1.807, 2.05) is 0 Å². The van der Waals surface area contributed by atoms with Crippen LogP contribution in [0.2, 0.25) is 0 Å². The van der Waals surface area contributed by atoms with Gasteiger partial charge in [0.1, 0.15) is 0 Å². The van der Waals surface area contributed by atoms with Gasteiger partial charge in [-0.3, -0.25) is 0 Å². The zero-order valence-corrected chi connectivity index (χ0v) is 9.40. The number of likely N-dealkylation sites (N-methyl/N-ethyl adjacent to an activating group) is 1. The van der Waals surface area contributed by atoms with E-state index in [1.54, 1.807) is 0 Å². The molecule has 1 aliphatic heterocycles. The lowest BCUT2D eigenvalue weighted by Gasteiger charge is -2.30. The van der Waals surface area contributed by atoms with Gasteiger partial charge in [0.05, 0.1) is 0 Å². The van der Waals surface area contributed by atoms with Gasteiger partial charge in [-0.2, -0.15) is 0 Å². The molecule has 1 heterocycles. The van der Waals surface area contributed by atoms with Crippen LogP contribution >= 0.6 is 0 Å². The van der Waals surface area contributed by atoms with Crippen LogP contribution in [0.3, 0.4) is 0 Å². The van der Waals surface area contributed by atoms with Crippen molar-refractivity contribution in [2.75, 3.05) is 26.7 Å². The second kappa shape index (κ2) is 4.97. The lowest BCUT2D eigenvalue weighted by molar-refractivity contribution is 0.237. The third-order valence-corrected chi connectivity index (χ3v) is 2.97. The molecule has 2 heteroatoms. The van der Waals surface area contributed by atoms with Crippen molar-refractivity contribution in [3.63, 3.8) is 0 Å². The van der Waals surface area contributed by atoms with Crippen LogP contribution in [-0.4, -0.2) is 37.1 Å². The average Bonchev–Trinajstić information content (AvgIpc) is 2.48. The van der Waals surface area contributed by atoms with E-state index in [0.717, 1.165) is 0 Å². The van der Waals surface area contributed by atoms with Crippen LogP contribution in [0.5, 0.6) is 0 Å². The van der Waals surface area contributed by atoms with Crippen LogP contribution in [0.25, 0.3) is 0 Å². The van der Waals surface area contributed by atoms with Crippen molar-refractivity contribution >= 4 is 0 Å². The Hall–Kier alpha value is -0.0800. The second-order valence-electron chi connectivity index (χ2n) is 4.68. The summed E-state index contributed by atoms with van der Waals surface area (Å²) in [7, 11) is 2.24. The third-order valence-electron chi connectivity index (χ3n) is 2.97. The first-order chi connectivity index (χ1) is 6.16. The molecule has 1 fully saturated rings. The van der Waals surface area contributed by atoms with Crippen molar-refractivity contribution in [2.24, 2.45) is 0 Å². The van der Waals surface area contributed by atoms with Crippen LogP contribution in [0.15, 0.2) is 0 Å². The summed E-state index contributed by atoms with van der Waals surface area (Å²) in [5.41, 5.74) is 0.391.